The van der Waals surface area contributed by atoms with Crippen LogP contribution in [0, 0.1) is 0 Å². The molecule has 1 aromatic rings. The highest BCUT2D eigenvalue weighted by molar-refractivity contribution is 9.10. The minimum absolute atomic E-state index is 0.0925. The van der Waals surface area contributed by atoms with Crippen LogP contribution in [0.1, 0.15) is 30.6 Å². The molecule has 1 amide bonds. The number of anilines is 1. The smallest absolute Gasteiger partial charge is 0.335 e. The molecule has 1 aromatic carbocycles. The molecule has 0 aliphatic carbocycles. The number of nitrogens with one attached hydrogen (secondary N) is 1. The Hall–Kier alpha value is -1.40. The van der Waals surface area contributed by atoms with E-state index in [1.807, 2.05) is 6.92 Å². The summed E-state index contributed by atoms with van der Waals surface area (Å²) in [7, 11) is 0. The van der Waals surface area contributed by atoms with Gasteiger partial charge in [-0.15, -0.1) is 0 Å². The molecular weight excluding hydrogens is 300 g/mol. The molecule has 0 spiro atoms. The Labute approximate surface area is 113 Å². The molecule has 4 N–H and O–H groups in total. The van der Waals surface area contributed by atoms with Crippen LogP contribution in [0.4, 0.5) is 5.69 Å². The highest BCUT2D eigenvalue weighted by Crippen LogP contribution is 2.21. The summed E-state index contributed by atoms with van der Waals surface area (Å²) >= 11 is 3.19. The van der Waals surface area contributed by atoms with Gasteiger partial charge in [0.2, 0.25) is 5.91 Å². The lowest BCUT2D eigenvalue weighted by Crippen LogP contribution is -2.47. The van der Waals surface area contributed by atoms with Gasteiger partial charge in [-0.1, -0.05) is 22.9 Å². The van der Waals surface area contributed by atoms with Crippen LogP contribution in [0.25, 0.3) is 0 Å². The summed E-state index contributed by atoms with van der Waals surface area (Å²) in [5, 5.41) is 11.5. The average Bonchev–Trinajstić information content (AvgIpc) is 2.28. The number of hydrogen-bond donors (Lipinski definition) is 3. The van der Waals surface area contributed by atoms with Crippen LogP contribution < -0.4 is 11.1 Å². The number of halogens is 1. The van der Waals surface area contributed by atoms with Crippen molar-refractivity contribution in [2.75, 3.05) is 5.32 Å². The second-order valence-electron chi connectivity index (χ2n) is 4.26. The maximum atomic E-state index is 11.9. The first-order valence-electron chi connectivity index (χ1n) is 5.40. The maximum absolute atomic E-state index is 11.9. The van der Waals surface area contributed by atoms with Gasteiger partial charge in [-0.05, 0) is 31.5 Å². The Morgan fingerprint density at radius 2 is 2.06 bits per heavy atom. The monoisotopic (exact) mass is 314 g/mol. The molecule has 0 aliphatic heterocycles. The first-order valence-corrected chi connectivity index (χ1v) is 6.20. The Morgan fingerprint density at radius 1 is 1.44 bits per heavy atom. The largest absolute Gasteiger partial charge is 0.478 e. The molecule has 1 unspecified atom stereocenters. The van der Waals surface area contributed by atoms with Gasteiger partial charge in [-0.3, -0.25) is 4.79 Å². The standard InChI is InChI=1S/C12H15BrN2O3/c1-3-12(2,14)11(18)15-9-5-7(10(16)17)4-8(13)6-9/h4-6H,3,14H2,1-2H3,(H,15,18)(H,16,17). The fourth-order valence-corrected chi connectivity index (χ4v) is 1.71. The predicted octanol–water partition coefficient (Wildman–Crippen LogP) is 2.21. The first-order chi connectivity index (χ1) is 8.26. The molecular formula is C12H15BrN2O3. The Morgan fingerprint density at radius 3 is 2.56 bits per heavy atom. The predicted molar refractivity (Wildman–Crippen MR) is 72.6 cm³/mol. The number of benzene rings is 1. The van der Waals surface area contributed by atoms with Crippen molar-refractivity contribution >= 4 is 33.5 Å². The van der Waals surface area contributed by atoms with E-state index in [-0.39, 0.29) is 11.5 Å². The molecule has 0 heterocycles. The van der Waals surface area contributed by atoms with Crippen LogP contribution in [0.2, 0.25) is 0 Å². The number of carbonyl (C=O) groups is 2. The van der Waals surface area contributed by atoms with Gasteiger partial charge in [0.05, 0.1) is 11.1 Å². The van der Waals surface area contributed by atoms with E-state index in [0.29, 0.717) is 16.6 Å². The fourth-order valence-electron chi connectivity index (χ4n) is 1.22. The number of carboxylic acid groups (broad SMARTS) is 1. The van der Waals surface area contributed by atoms with Crippen molar-refractivity contribution in [3.8, 4) is 0 Å². The normalized spacial score (nSPS) is 13.8. The lowest BCUT2D eigenvalue weighted by Gasteiger charge is -2.21. The third-order valence-electron chi connectivity index (χ3n) is 2.66. The maximum Gasteiger partial charge on any atom is 0.335 e. The summed E-state index contributed by atoms with van der Waals surface area (Å²) < 4.78 is 0.577. The number of aromatic carboxylic acids is 1. The van der Waals surface area contributed by atoms with Crippen LogP contribution in [0.3, 0.4) is 0 Å². The topological polar surface area (TPSA) is 92.4 Å². The van der Waals surface area contributed by atoms with E-state index in [1.165, 1.54) is 12.1 Å². The van der Waals surface area contributed by atoms with Gasteiger partial charge in [0.15, 0.2) is 0 Å². The van der Waals surface area contributed by atoms with E-state index in [4.69, 9.17) is 10.8 Å². The fraction of sp³-hybridized carbons (Fsp3) is 0.333. The third-order valence-corrected chi connectivity index (χ3v) is 3.11. The highest BCUT2D eigenvalue weighted by Gasteiger charge is 2.26. The molecule has 6 heteroatoms. The minimum atomic E-state index is -1.06. The first kappa shape index (κ1) is 14.7. The van der Waals surface area contributed by atoms with Crippen molar-refractivity contribution in [2.24, 2.45) is 5.73 Å². The van der Waals surface area contributed by atoms with Crippen molar-refractivity contribution < 1.29 is 14.7 Å². The van der Waals surface area contributed by atoms with Gasteiger partial charge in [-0.2, -0.15) is 0 Å². The molecule has 98 valence electrons. The van der Waals surface area contributed by atoms with Crippen molar-refractivity contribution in [3.05, 3.63) is 28.2 Å². The third kappa shape index (κ3) is 3.54. The molecule has 0 aromatic heterocycles. The van der Waals surface area contributed by atoms with Gasteiger partial charge in [0.1, 0.15) is 0 Å². The zero-order valence-corrected chi connectivity index (χ0v) is 11.7. The molecule has 1 rings (SSSR count). The van der Waals surface area contributed by atoms with Gasteiger partial charge in [0.25, 0.3) is 0 Å². The number of hydrogen-bond acceptors (Lipinski definition) is 3. The van der Waals surface area contributed by atoms with Crippen LogP contribution in [-0.4, -0.2) is 22.5 Å². The van der Waals surface area contributed by atoms with Crippen molar-refractivity contribution in [3.63, 3.8) is 0 Å². The summed E-state index contributed by atoms with van der Waals surface area (Å²) in [5.74, 6) is -1.41. The van der Waals surface area contributed by atoms with Crippen molar-refractivity contribution in [2.45, 2.75) is 25.8 Å². The number of nitrogens with two attached hydrogens (primary N) is 1. The molecule has 0 saturated carbocycles. The van der Waals surface area contributed by atoms with Crippen molar-refractivity contribution in [1.29, 1.82) is 0 Å². The van der Waals surface area contributed by atoms with E-state index in [0.717, 1.165) is 0 Å². The van der Waals surface area contributed by atoms with Gasteiger partial charge >= 0.3 is 5.97 Å². The molecule has 5 nitrogen and oxygen atoms in total. The number of amides is 1. The molecule has 0 radical (unpaired) electrons. The summed E-state index contributed by atoms with van der Waals surface area (Å²) in [4.78, 5) is 22.7. The Kier molecular flexibility index (Phi) is 4.48. The summed E-state index contributed by atoms with van der Waals surface area (Å²) in [6.07, 6.45) is 0.485. The molecule has 0 saturated heterocycles. The Bertz CT molecular complexity index is 486. The Balaban J connectivity index is 2.98. The summed E-state index contributed by atoms with van der Waals surface area (Å²) in [6.45, 7) is 3.43. The van der Waals surface area contributed by atoms with E-state index in [2.05, 4.69) is 21.2 Å². The molecule has 0 aliphatic rings. The second-order valence-corrected chi connectivity index (χ2v) is 5.17. The van der Waals surface area contributed by atoms with E-state index in [9.17, 15) is 9.59 Å². The molecule has 1 atom stereocenters. The van der Waals surface area contributed by atoms with Crippen LogP contribution in [-0.2, 0) is 4.79 Å². The van der Waals surface area contributed by atoms with Crippen LogP contribution >= 0.6 is 15.9 Å². The minimum Gasteiger partial charge on any atom is -0.478 e. The summed E-state index contributed by atoms with van der Waals surface area (Å²) in [5.41, 5.74) is 5.32. The highest BCUT2D eigenvalue weighted by atomic mass is 79.9. The second kappa shape index (κ2) is 5.49. The summed E-state index contributed by atoms with van der Waals surface area (Å²) in [6, 6.07) is 4.46. The van der Waals surface area contributed by atoms with E-state index < -0.39 is 11.5 Å². The SMILES string of the molecule is CCC(C)(N)C(=O)Nc1cc(Br)cc(C(=O)O)c1. The molecule has 18 heavy (non-hydrogen) atoms. The molecule has 0 bridgehead atoms. The zero-order valence-electron chi connectivity index (χ0n) is 10.2. The quantitative estimate of drug-likeness (QED) is 0.794. The number of rotatable bonds is 4. The zero-order chi connectivity index (χ0) is 13.9. The van der Waals surface area contributed by atoms with Gasteiger partial charge in [-0.25, -0.2) is 4.79 Å². The molecule has 0 fully saturated rings. The lowest BCUT2D eigenvalue weighted by molar-refractivity contribution is -0.120. The van der Waals surface area contributed by atoms with E-state index >= 15 is 0 Å². The van der Waals surface area contributed by atoms with Crippen LogP contribution in [0.15, 0.2) is 22.7 Å². The lowest BCUT2D eigenvalue weighted by atomic mass is 9.99. The van der Waals surface area contributed by atoms with Gasteiger partial charge < -0.3 is 16.2 Å². The van der Waals surface area contributed by atoms with E-state index in [1.54, 1.807) is 13.0 Å². The van der Waals surface area contributed by atoms with Crippen molar-refractivity contribution in [1.82, 2.24) is 0 Å². The number of carbonyl (C=O) groups excluding carboxylic acids is 1. The van der Waals surface area contributed by atoms with Crippen LogP contribution in [0.5, 0.6) is 0 Å². The average molecular weight is 315 g/mol. The number of carboxylic acids is 1. The van der Waals surface area contributed by atoms with Gasteiger partial charge in [0, 0.05) is 10.2 Å².